The van der Waals surface area contributed by atoms with Gasteiger partial charge in [-0.3, -0.25) is 0 Å². The fourth-order valence-corrected chi connectivity index (χ4v) is 1.67. The lowest BCUT2D eigenvalue weighted by Gasteiger charge is -2.05. The van der Waals surface area contributed by atoms with Crippen molar-refractivity contribution in [3.63, 3.8) is 0 Å². The van der Waals surface area contributed by atoms with Crippen LogP contribution in [0, 0.1) is 6.92 Å². The van der Waals surface area contributed by atoms with Gasteiger partial charge in [-0.05, 0) is 18.6 Å². The highest BCUT2D eigenvalue weighted by molar-refractivity contribution is 6.22. The third-order valence-corrected chi connectivity index (χ3v) is 2.64. The minimum Gasteiger partial charge on any atom is -0.469 e. The van der Waals surface area contributed by atoms with Gasteiger partial charge in [0.1, 0.15) is 5.76 Å². The largest absolute Gasteiger partial charge is 0.469 e. The summed E-state index contributed by atoms with van der Waals surface area (Å²) in [5, 5.41) is -0.117. The van der Waals surface area contributed by atoms with Gasteiger partial charge in [-0.25, -0.2) is 0 Å². The molecular weight excluding hydrogens is 196 g/mol. The van der Waals surface area contributed by atoms with Crippen LogP contribution < -0.4 is 0 Å². The van der Waals surface area contributed by atoms with Crippen molar-refractivity contribution in [1.82, 2.24) is 0 Å². The van der Waals surface area contributed by atoms with Crippen LogP contribution in [0.5, 0.6) is 0 Å². The molecule has 0 saturated carbocycles. The third-order valence-electron chi connectivity index (χ3n) is 2.14. The Balaban J connectivity index is 2.29. The number of furan rings is 1. The van der Waals surface area contributed by atoms with Crippen LogP contribution in [-0.4, -0.2) is 0 Å². The highest BCUT2D eigenvalue weighted by atomic mass is 35.5. The zero-order chi connectivity index (χ0) is 9.97. The van der Waals surface area contributed by atoms with E-state index in [0.717, 1.165) is 16.9 Å². The summed E-state index contributed by atoms with van der Waals surface area (Å²) in [6, 6.07) is 11.9. The number of alkyl halides is 1. The Kier molecular flexibility index (Phi) is 2.60. The Hall–Kier alpha value is -1.21. The average molecular weight is 207 g/mol. The summed E-state index contributed by atoms with van der Waals surface area (Å²) in [5.74, 6) is 0.890. The SMILES string of the molecule is Cc1cc(C(Cl)c2ccccc2)co1. The van der Waals surface area contributed by atoms with Crippen LogP contribution in [-0.2, 0) is 0 Å². The first kappa shape index (κ1) is 9.35. The van der Waals surface area contributed by atoms with Gasteiger partial charge in [0, 0.05) is 5.56 Å². The van der Waals surface area contributed by atoms with Crippen molar-refractivity contribution in [2.24, 2.45) is 0 Å². The maximum atomic E-state index is 6.28. The number of hydrogen-bond donors (Lipinski definition) is 0. The lowest BCUT2D eigenvalue weighted by atomic mass is 10.1. The zero-order valence-corrected chi connectivity index (χ0v) is 8.66. The molecule has 0 N–H and O–H groups in total. The van der Waals surface area contributed by atoms with Crippen molar-refractivity contribution >= 4 is 11.6 Å². The molecule has 0 spiro atoms. The highest BCUT2D eigenvalue weighted by Gasteiger charge is 2.11. The lowest BCUT2D eigenvalue weighted by molar-refractivity contribution is 0.532. The standard InChI is InChI=1S/C12H11ClO/c1-9-7-11(8-14-9)12(13)10-5-3-2-4-6-10/h2-8,12H,1H3. The monoisotopic (exact) mass is 206 g/mol. The van der Waals surface area contributed by atoms with Gasteiger partial charge >= 0.3 is 0 Å². The van der Waals surface area contributed by atoms with Crippen LogP contribution in [0.4, 0.5) is 0 Å². The molecule has 1 aromatic carbocycles. The Morgan fingerprint density at radius 2 is 1.86 bits per heavy atom. The van der Waals surface area contributed by atoms with Gasteiger partial charge in [-0.2, -0.15) is 0 Å². The lowest BCUT2D eigenvalue weighted by Crippen LogP contribution is -1.89. The normalized spacial score (nSPS) is 12.7. The molecule has 1 aromatic heterocycles. The fourth-order valence-electron chi connectivity index (χ4n) is 1.41. The fraction of sp³-hybridized carbons (Fsp3) is 0.167. The maximum Gasteiger partial charge on any atom is 0.101 e. The van der Waals surface area contributed by atoms with Crippen molar-refractivity contribution in [3.8, 4) is 0 Å². The molecule has 0 amide bonds. The molecule has 14 heavy (non-hydrogen) atoms. The molecule has 0 aliphatic carbocycles. The quantitative estimate of drug-likeness (QED) is 0.679. The van der Waals surface area contributed by atoms with Crippen LogP contribution in [0.15, 0.2) is 47.1 Å². The average Bonchev–Trinajstić information content (AvgIpc) is 2.65. The minimum atomic E-state index is -0.117. The van der Waals surface area contributed by atoms with E-state index in [-0.39, 0.29) is 5.38 Å². The van der Waals surface area contributed by atoms with E-state index in [9.17, 15) is 0 Å². The van der Waals surface area contributed by atoms with Crippen molar-refractivity contribution in [2.75, 3.05) is 0 Å². The van der Waals surface area contributed by atoms with E-state index in [1.165, 1.54) is 0 Å². The first-order valence-corrected chi connectivity index (χ1v) is 4.95. The molecule has 0 aliphatic rings. The molecule has 1 heterocycles. The van der Waals surface area contributed by atoms with Gasteiger partial charge in [0.25, 0.3) is 0 Å². The van der Waals surface area contributed by atoms with Crippen LogP contribution >= 0.6 is 11.6 Å². The maximum absolute atomic E-state index is 6.28. The molecule has 0 bridgehead atoms. The number of halogens is 1. The molecule has 72 valence electrons. The van der Waals surface area contributed by atoms with Crippen molar-refractivity contribution in [2.45, 2.75) is 12.3 Å². The summed E-state index contributed by atoms with van der Waals surface area (Å²) in [7, 11) is 0. The topological polar surface area (TPSA) is 13.1 Å². The Morgan fingerprint density at radius 1 is 1.14 bits per heavy atom. The number of aryl methyl sites for hydroxylation is 1. The van der Waals surface area contributed by atoms with Gasteiger partial charge in [-0.15, -0.1) is 11.6 Å². The third kappa shape index (κ3) is 1.83. The van der Waals surface area contributed by atoms with Crippen LogP contribution in [0.1, 0.15) is 22.3 Å². The molecule has 2 heteroatoms. The van der Waals surface area contributed by atoms with Crippen molar-refractivity contribution in [1.29, 1.82) is 0 Å². The van der Waals surface area contributed by atoms with E-state index in [0.29, 0.717) is 0 Å². The number of rotatable bonds is 2. The molecule has 0 aliphatic heterocycles. The van der Waals surface area contributed by atoms with Gasteiger partial charge < -0.3 is 4.42 Å². The second kappa shape index (κ2) is 3.89. The summed E-state index contributed by atoms with van der Waals surface area (Å²) in [6.07, 6.45) is 1.71. The van der Waals surface area contributed by atoms with Gasteiger partial charge in [0.15, 0.2) is 0 Å². The van der Waals surface area contributed by atoms with Gasteiger partial charge in [-0.1, -0.05) is 30.3 Å². The molecule has 0 radical (unpaired) electrons. The summed E-state index contributed by atoms with van der Waals surface area (Å²) < 4.78 is 5.22. The molecule has 2 aromatic rings. The molecule has 0 fully saturated rings. The molecule has 1 unspecified atom stereocenters. The zero-order valence-electron chi connectivity index (χ0n) is 7.91. The van der Waals surface area contributed by atoms with E-state index < -0.39 is 0 Å². The Bertz CT molecular complexity index is 405. The van der Waals surface area contributed by atoms with E-state index in [4.69, 9.17) is 16.0 Å². The predicted molar refractivity (Wildman–Crippen MR) is 57.6 cm³/mol. The van der Waals surface area contributed by atoms with Gasteiger partial charge in [0.2, 0.25) is 0 Å². The van der Waals surface area contributed by atoms with E-state index >= 15 is 0 Å². The minimum absolute atomic E-state index is 0.117. The molecule has 2 rings (SSSR count). The molecule has 1 atom stereocenters. The smallest absolute Gasteiger partial charge is 0.101 e. The number of hydrogen-bond acceptors (Lipinski definition) is 1. The molecule has 1 nitrogen and oxygen atoms in total. The van der Waals surface area contributed by atoms with Crippen molar-refractivity contribution in [3.05, 3.63) is 59.5 Å². The Morgan fingerprint density at radius 3 is 2.43 bits per heavy atom. The van der Waals surface area contributed by atoms with E-state index in [1.54, 1.807) is 6.26 Å². The van der Waals surface area contributed by atoms with Crippen LogP contribution in [0.3, 0.4) is 0 Å². The number of benzene rings is 1. The highest BCUT2D eigenvalue weighted by Crippen LogP contribution is 2.29. The Labute approximate surface area is 88.3 Å². The van der Waals surface area contributed by atoms with Crippen molar-refractivity contribution < 1.29 is 4.42 Å². The second-order valence-corrected chi connectivity index (χ2v) is 3.70. The molecular formula is C12H11ClO. The second-order valence-electron chi connectivity index (χ2n) is 3.26. The van der Waals surface area contributed by atoms with Crippen LogP contribution in [0.25, 0.3) is 0 Å². The summed E-state index contributed by atoms with van der Waals surface area (Å²) >= 11 is 6.28. The summed E-state index contributed by atoms with van der Waals surface area (Å²) in [6.45, 7) is 1.91. The van der Waals surface area contributed by atoms with Crippen LogP contribution in [0.2, 0.25) is 0 Å². The van der Waals surface area contributed by atoms with E-state index in [1.807, 2.05) is 43.3 Å². The predicted octanol–water partition coefficient (Wildman–Crippen LogP) is 3.92. The summed E-state index contributed by atoms with van der Waals surface area (Å²) in [4.78, 5) is 0. The molecule has 0 saturated heterocycles. The first-order valence-electron chi connectivity index (χ1n) is 4.51. The van der Waals surface area contributed by atoms with E-state index in [2.05, 4.69) is 0 Å². The van der Waals surface area contributed by atoms with Gasteiger partial charge in [0.05, 0.1) is 11.6 Å². The summed E-state index contributed by atoms with van der Waals surface area (Å²) in [5.41, 5.74) is 2.10. The first-order chi connectivity index (χ1) is 6.77.